The quantitative estimate of drug-likeness (QED) is 0.444. The van der Waals surface area contributed by atoms with E-state index in [1.165, 1.54) is 19.3 Å². The molecule has 2 rings (SSSR count). The van der Waals surface area contributed by atoms with E-state index in [9.17, 15) is 14.8 Å². The standard InChI is InChI=1S/C8H7N3O3/c1-10-6-5(3-2-4-9-6)11(14)8(13)7(10)12/h2-4,14H,1H3. The molecule has 0 aromatic carbocycles. The van der Waals surface area contributed by atoms with E-state index >= 15 is 0 Å². The maximum absolute atomic E-state index is 11.2. The van der Waals surface area contributed by atoms with E-state index in [1.54, 1.807) is 6.07 Å². The fourth-order valence-electron chi connectivity index (χ4n) is 1.25. The molecule has 6 nitrogen and oxygen atoms in total. The van der Waals surface area contributed by atoms with Crippen LogP contribution >= 0.6 is 0 Å². The highest BCUT2D eigenvalue weighted by Crippen LogP contribution is 2.03. The molecule has 0 atom stereocenters. The van der Waals surface area contributed by atoms with Crippen LogP contribution in [0.3, 0.4) is 0 Å². The van der Waals surface area contributed by atoms with E-state index in [0.29, 0.717) is 4.73 Å². The summed E-state index contributed by atoms with van der Waals surface area (Å²) in [4.78, 5) is 26.3. The van der Waals surface area contributed by atoms with E-state index < -0.39 is 11.1 Å². The molecular weight excluding hydrogens is 186 g/mol. The highest BCUT2D eigenvalue weighted by Gasteiger charge is 2.09. The number of hydrogen-bond acceptors (Lipinski definition) is 4. The molecule has 72 valence electrons. The molecule has 0 fully saturated rings. The van der Waals surface area contributed by atoms with Crippen LogP contribution in [0, 0.1) is 0 Å². The summed E-state index contributed by atoms with van der Waals surface area (Å²) >= 11 is 0. The van der Waals surface area contributed by atoms with Crippen molar-refractivity contribution in [2.24, 2.45) is 7.05 Å². The van der Waals surface area contributed by atoms with Gasteiger partial charge in [0.15, 0.2) is 5.65 Å². The molecule has 0 aliphatic carbocycles. The summed E-state index contributed by atoms with van der Waals surface area (Å²) in [6.07, 6.45) is 1.48. The Morgan fingerprint density at radius 1 is 1.36 bits per heavy atom. The van der Waals surface area contributed by atoms with E-state index in [2.05, 4.69) is 4.98 Å². The van der Waals surface area contributed by atoms with Crippen molar-refractivity contribution < 1.29 is 5.21 Å². The van der Waals surface area contributed by atoms with Crippen LogP contribution in [0.15, 0.2) is 27.9 Å². The molecule has 2 heterocycles. The normalized spacial score (nSPS) is 10.6. The minimum Gasteiger partial charge on any atom is -0.425 e. The second-order valence-corrected chi connectivity index (χ2v) is 2.83. The Balaban J connectivity index is 3.19. The molecule has 0 spiro atoms. The SMILES string of the molecule is Cn1c(=O)c(=O)n(O)c2cccnc21. The number of pyridine rings is 1. The molecule has 0 bridgehead atoms. The van der Waals surface area contributed by atoms with Crippen molar-refractivity contribution in [1.82, 2.24) is 14.3 Å². The Morgan fingerprint density at radius 3 is 2.79 bits per heavy atom. The lowest BCUT2D eigenvalue weighted by Crippen LogP contribution is -2.40. The Hall–Kier alpha value is -2.11. The van der Waals surface area contributed by atoms with Crippen LogP contribution < -0.4 is 11.1 Å². The van der Waals surface area contributed by atoms with Crippen molar-refractivity contribution in [3.63, 3.8) is 0 Å². The van der Waals surface area contributed by atoms with Gasteiger partial charge in [0.2, 0.25) is 0 Å². The van der Waals surface area contributed by atoms with Crippen LogP contribution in [0.2, 0.25) is 0 Å². The second kappa shape index (κ2) is 2.69. The second-order valence-electron chi connectivity index (χ2n) is 2.83. The van der Waals surface area contributed by atoms with Crippen LogP contribution in [0.5, 0.6) is 0 Å². The number of fused-ring (bicyclic) bond motifs is 1. The molecule has 2 aromatic rings. The van der Waals surface area contributed by atoms with E-state index in [1.807, 2.05) is 0 Å². The van der Waals surface area contributed by atoms with Crippen molar-refractivity contribution in [3.05, 3.63) is 39.0 Å². The van der Waals surface area contributed by atoms with Gasteiger partial charge in [0.05, 0.1) is 0 Å². The van der Waals surface area contributed by atoms with Crippen LogP contribution in [-0.4, -0.2) is 19.5 Å². The zero-order valence-electron chi connectivity index (χ0n) is 7.34. The van der Waals surface area contributed by atoms with Gasteiger partial charge in [-0.3, -0.25) is 14.2 Å². The lowest BCUT2D eigenvalue weighted by molar-refractivity contribution is 0.185. The summed E-state index contributed by atoms with van der Waals surface area (Å²) in [6.45, 7) is 0. The average molecular weight is 193 g/mol. The van der Waals surface area contributed by atoms with Gasteiger partial charge >= 0.3 is 11.1 Å². The Morgan fingerprint density at radius 2 is 2.07 bits per heavy atom. The molecule has 0 aliphatic heterocycles. The maximum Gasteiger partial charge on any atom is 0.349 e. The highest BCUT2D eigenvalue weighted by atomic mass is 16.5. The fourth-order valence-corrected chi connectivity index (χ4v) is 1.25. The third kappa shape index (κ3) is 0.936. The smallest absolute Gasteiger partial charge is 0.349 e. The molecule has 0 amide bonds. The summed E-state index contributed by atoms with van der Waals surface area (Å²) < 4.78 is 1.41. The zero-order chi connectivity index (χ0) is 10.3. The molecule has 0 radical (unpaired) electrons. The monoisotopic (exact) mass is 193 g/mol. The Labute approximate surface area is 77.6 Å². The van der Waals surface area contributed by atoms with Crippen LogP contribution in [-0.2, 0) is 7.05 Å². The molecular formula is C8H7N3O3. The minimum absolute atomic E-state index is 0.208. The highest BCUT2D eigenvalue weighted by molar-refractivity contribution is 5.69. The number of hydrogen-bond donors (Lipinski definition) is 1. The molecule has 2 aromatic heterocycles. The largest absolute Gasteiger partial charge is 0.425 e. The van der Waals surface area contributed by atoms with Crippen LogP contribution in [0.1, 0.15) is 0 Å². The minimum atomic E-state index is -0.979. The molecule has 0 saturated carbocycles. The van der Waals surface area contributed by atoms with E-state index in [4.69, 9.17) is 0 Å². The van der Waals surface area contributed by atoms with E-state index in [-0.39, 0.29) is 11.2 Å². The van der Waals surface area contributed by atoms with Crippen molar-refractivity contribution in [2.75, 3.05) is 0 Å². The predicted octanol–water partition coefficient (Wildman–Crippen LogP) is -0.668. The molecule has 0 unspecified atom stereocenters. The fraction of sp³-hybridized carbons (Fsp3) is 0.125. The first-order valence-corrected chi connectivity index (χ1v) is 3.89. The lowest BCUT2D eigenvalue weighted by Gasteiger charge is -2.04. The van der Waals surface area contributed by atoms with Gasteiger partial charge < -0.3 is 5.21 Å². The predicted molar refractivity (Wildman–Crippen MR) is 48.4 cm³/mol. The molecule has 14 heavy (non-hydrogen) atoms. The first-order chi connectivity index (χ1) is 6.63. The van der Waals surface area contributed by atoms with Gasteiger partial charge in [0.25, 0.3) is 0 Å². The average Bonchev–Trinajstić information content (AvgIpc) is 2.23. The molecule has 6 heteroatoms. The van der Waals surface area contributed by atoms with Gasteiger partial charge in [-0.05, 0) is 12.1 Å². The van der Waals surface area contributed by atoms with Crippen molar-refractivity contribution in [1.29, 1.82) is 0 Å². The Bertz CT molecular complexity index is 557. The van der Waals surface area contributed by atoms with Crippen molar-refractivity contribution in [2.45, 2.75) is 0 Å². The van der Waals surface area contributed by atoms with Crippen LogP contribution in [0.25, 0.3) is 11.2 Å². The summed E-state index contributed by atoms with van der Waals surface area (Å²) in [5.74, 6) is 0. The number of aryl methyl sites for hydroxylation is 1. The molecule has 0 saturated heterocycles. The summed E-state index contributed by atoms with van der Waals surface area (Å²) in [5, 5.41) is 9.31. The van der Waals surface area contributed by atoms with Crippen molar-refractivity contribution >= 4 is 11.2 Å². The molecule has 1 N–H and O–H groups in total. The number of rotatable bonds is 0. The third-order valence-electron chi connectivity index (χ3n) is 1.99. The van der Waals surface area contributed by atoms with Crippen molar-refractivity contribution in [3.8, 4) is 0 Å². The first kappa shape index (κ1) is 8.49. The summed E-state index contributed by atoms with van der Waals surface area (Å²) in [6, 6.07) is 3.07. The maximum atomic E-state index is 11.2. The van der Waals surface area contributed by atoms with Gasteiger partial charge in [0.1, 0.15) is 5.52 Å². The topological polar surface area (TPSA) is 77.1 Å². The summed E-state index contributed by atoms with van der Waals surface area (Å²) in [7, 11) is 1.43. The van der Waals surface area contributed by atoms with Gasteiger partial charge in [-0.1, -0.05) is 0 Å². The lowest BCUT2D eigenvalue weighted by atomic mass is 10.4. The van der Waals surface area contributed by atoms with Gasteiger partial charge in [-0.2, -0.15) is 0 Å². The number of aromatic nitrogens is 3. The van der Waals surface area contributed by atoms with Gasteiger partial charge in [-0.25, -0.2) is 4.98 Å². The third-order valence-corrected chi connectivity index (χ3v) is 1.99. The first-order valence-electron chi connectivity index (χ1n) is 3.89. The zero-order valence-corrected chi connectivity index (χ0v) is 7.34. The summed E-state index contributed by atoms with van der Waals surface area (Å²) in [5.41, 5.74) is -1.31. The van der Waals surface area contributed by atoms with Crippen LogP contribution in [0.4, 0.5) is 0 Å². The molecule has 0 aliphatic rings. The van der Waals surface area contributed by atoms with E-state index in [0.717, 1.165) is 4.57 Å². The number of nitrogens with zero attached hydrogens (tertiary/aromatic N) is 3. The Kier molecular flexibility index (Phi) is 1.63. The van der Waals surface area contributed by atoms with Gasteiger partial charge in [-0.15, -0.1) is 4.73 Å². The van der Waals surface area contributed by atoms with Gasteiger partial charge in [0, 0.05) is 13.2 Å².